The predicted molar refractivity (Wildman–Crippen MR) is 140 cm³/mol. The van der Waals surface area contributed by atoms with Gasteiger partial charge in [-0.3, -0.25) is 9.69 Å². The summed E-state index contributed by atoms with van der Waals surface area (Å²) in [5.41, 5.74) is 13.2. The highest BCUT2D eigenvalue weighted by molar-refractivity contribution is 5.98. The average molecular weight is 493 g/mol. The standard InChI is InChI=1S/C28H28N8O/c29-13-20-5-6-21-9-11-34(15-23(21)12-20)14-19-3-7-22(8-4-19)26-25-27(30)31-17-32-28(25)36(33-26)24-2-1-10-35(16-24)18-37/h3-8,12,17-18,24H,1-2,9-11,14-16H2,(H2,30,31,32). The van der Waals surface area contributed by atoms with E-state index in [1.54, 1.807) is 4.90 Å². The first kappa shape index (κ1) is 23.1. The Morgan fingerprint density at radius 2 is 1.97 bits per heavy atom. The van der Waals surface area contributed by atoms with Gasteiger partial charge in [0, 0.05) is 38.3 Å². The van der Waals surface area contributed by atoms with E-state index >= 15 is 0 Å². The summed E-state index contributed by atoms with van der Waals surface area (Å²) in [4.78, 5) is 24.3. The van der Waals surface area contributed by atoms with Crippen molar-refractivity contribution in [2.75, 3.05) is 25.4 Å². The number of nitrogens with two attached hydrogens (primary N) is 1. The molecular formula is C28H28N8O. The Bertz CT molecular complexity index is 1500. The zero-order valence-corrected chi connectivity index (χ0v) is 20.5. The van der Waals surface area contributed by atoms with Crippen LogP contribution in [-0.2, 0) is 24.3 Å². The lowest BCUT2D eigenvalue weighted by atomic mass is 9.97. The van der Waals surface area contributed by atoms with E-state index in [4.69, 9.17) is 10.8 Å². The number of amides is 1. The van der Waals surface area contributed by atoms with Crippen LogP contribution in [0.4, 0.5) is 5.82 Å². The Labute approximate surface area is 215 Å². The fourth-order valence-electron chi connectivity index (χ4n) is 5.58. The molecule has 2 N–H and O–H groups in total. The summed E-state index contributed by atoms with van der Waals surface area (Å²) in [5, 5.41) is 14.9. The van der Waals surface area contributed by atoms with Crippen LogP contribution >= 0.6 is 0 Å². The summed E-state index contributed by atoms with van der Waals surface area (Å²) in [6.07, 6.45) is 5.22. The second-order valence-electron chi connectivity index (χ2n) is 9.90. The van der Waals surface area contributed by atoms with Gasteiger partial charge in [0.2, 0.25) is 6.41 Å². The molecule has 2 aromatic carbocycles. The lowest BCUT2D eigenvalue weighted by Crippen LogP contribution is -2.36. The maximum absolute atomic E-state index is 11.4. The van der Waals surface area contributed by atoms with Gasteiger partial charge in [-0.05, 0) is 48.1 Å². The highest BCUT2D eigenvalue weighted by atomic mass is 16.1. The molecule has 2 aromatic heterocycles. The van der Waals surface area contributed by atoms with Crippen LogP contribution < -0.4 is 5.73 Å². The topological polar surface area (TPSA) is 117 Å². The summed E-state index contributed by atoms with van der Waals surface area (Å²) in [6, 6.07) is 16.7. The maximum atomic E-state index is 11.4. The lowest BCUT2D eigenvalue weighted by Gasteiger charge is -2.30. The summed E-state index contributed by atoms with van der Waals surface area (Å²) in [7, 11) is 0. The van der Waals surface area contributed by atoms with Gasteiger partial charge in [-0.1, -0.05) is 30.3 Å². The zero-order valence-electron chi connectivity index (χ0n) is 20.5. The van der Waals surface area contributed by atoms with Gasteiger partial charge >= 0.3 is 0 Å². The number of nitrogens with zero attached hydrogens (tertiary/aromatic N) is 7. The van der Waals surface area contributed by atoms with Crippen molar-refractivity contribution in [3.8, 4) is 17.3 Å². The van der Waals surface area contributed by atoms with Gasteiger partial charge in [-0.2, -0.15) is 10.4 Å². The highest BCUT2D eigenvalue weighted by Gasteiger charge is 2.26. The van der Waals surface area contributed by atoms with Crippen molar-refractivity contribution in [2.45, 2.75) is 38.4 Å². The number of carbonyl (C=O) groups is 1. The Morgan fingerprint density at radius 3 is 2.78 bits per heavy atom. The van der Waals surface area contributed by atoms with E-state index in [1.807, 2.05) is 16.8 Å². The number of aromatic nitrogens is 4. The van der Waals surface area contributed by atoms with Crippen molar-refractivity contribution in [1.29, 1.82) is 5.26 Å². The zero-order chi connectivity index (χ0) is 25.4. The van der Waals surface area contributed by atoms with Crippen LogP contribution in [-0.4, -0.2) is 55.6 Å². The van der Waals surface area contributed by atoms with Crippen LogP contribution in [0.1, 0.15) is 41.1 Å². The van der Waals surface area contributed by atoms with Gasteiger partial charge in [-0.25, -0.2) is 14.6 Å². The first-order chi connectivity index (χ1) is 18.1. The molecular weight excluding hydrogens is 464 g/mol. The number of anilines is 1. The van der Waals surface area contributed by atoms with Crippen molar-refractivity contribution < 1.29 is 4.79 Å². The number of fused-ring (bicyclic) bond motifs is 2. The molecule has 9 nitrogen and oxygen atoms in total. The molecule has 2 aliphatic rings. The number of likely N-dealkylation sites (tertiary alicyclic amines) is 1. The molecule has 1 saturated heterocycles. The highest BCUT2D eigenvalue weighted by Crippen LogP contribution is 2.34. The molecule has 1 atom stereocenters. The fraction of sp³-hybridized carbons (Fsp3) is 0.321. The minimum absolute atomic E-state index is 0.0484. The molecule has 0 bridgehead atoms. The van der Waals surface area contributed by atoms with Crippen molar-refractivity contribution in [1.82, 2.24) is 29.5 Å². The number of carbonyl (C=O) groups excluding carboxylic acids is 1. The number of piperidine rings is 1. The lowest BCUT2D eigenvalue weighted by molar-refractivity contribution is -0.119. The summed E-state index contributed by atoms with van der Waals surface area (Å²) in [6.45, 7) is 4.04. The van der Waals surface area contributed by atoms with Gasteiger partial charge in [0.1, 0.15) is 17.8 Å². The van der Waals surface area contributed by atoms with Gasteiger partial charge < -0.3 is 10.6 Å². The number of benzene rings is 2. The van der Waals surface area contributed by atoms with Crippen molar-refractivity contribution in [2.24, 2.45) is 0 Å². The van der Waals surface area contributed by atoms with Crippen LogP contribution in [0, 0.1) is 11.3 Å². The number of nitriles is 1. The van der Waals surface area contributed by atoms with E-state index in [9.17, 15) is 10.1 Å². The molecule has 0 radical (unpaired) electrons. The van der Waals surface area contributed by atoms with Gasteiger partial charge in [0.05, 0.1) is 23.1 Å². The molecule has 4 aromatic rings. The normalized spacial score (nSPS) is 17.9. The van der Waals surface area contributed by atoms with Crippen molar-refractivity contribution in [3.63, 3.8) is 0 Å². The Kier molecular flexibility index (Phi) is 6.02. The smallest absolute Gasteiger partial charge is 0.209 e. The minimum atomic E-state index is 0.0484. The molecule has 37 heavy (non-hydrogen) atoms. The van der Waals surface area contributed by atoms with Gasteiger partial charge in [-0.15, -0.1) is 0 Å². The minimum Gasteiger partial charge on any atom is -0.383 e. The summed E-state index contributed by atoms with van der Waals surface area (Å²) >= 11 is 0. The molecule has 186 valence electrons. The van der Waals surface area contributed by atoms with E-state index < -0.39 is 0 Å². The van der Waals surface area contributed by atoms with Gasteiger partial charge in [0.15, 0.2) is 5.65 Å². The molecule has 0 spiro atoms. The Morgan fingerprint density at radius 1 is 1.11 bits per heavy atom. The Hall–Kier alpha value is -4.29. The maximum Gasteiger partial charge on any atom is 0.209 e. The Balaban J connectivity index is 1.26. The number of hydrogen-bond donors (Lipinski definition) is 1. The van der Waals surface area contributed by atoms with Crippen LogP contribution in [0.2, 0.25) is 0 Å². The average Bonchev–Trinajstić information content (AvgIpc) is 3.34. The molecule has 2 aliphatic heterocycles. The van der Waals surface area contributed by atoms with Crippen LogP contribution in [0.3, 0.4) is 0 Å². The predicted octanol–water partition coefficient (Wildman–Crippen LogP) is 3.30. The monoisotopic (exact) mass is 492 g/mol. The van der Waals surface area contributed by atoms with E-state index in [1.165, 1.54) is 23.0 Å². The van der Waals surface area contributed by atoms with E-state index in [0.29, 0.717) is 23.6 Å². The third kappa shape index (κ3) is 4.41. The van der Waals surface area contributed by atoms with Crippen LogP contribution in [0.25, 0.3) is 22.3 Å². The second kappa shape index (κ2) is 9.64. The first-order valence-corrected chi connectivity index (χ1v) is 12.6. The number of hydrogen-bond acceptors (Lipinski definition) is 7. The first-order valence-electron chi connectivity index (χ1n) is 12.6. The summed E-state index contributed by atoms with van der Waals surface area (Å²) < 4.78 is 1.92. The third-order valence-electron chi connectivity index (χ3n) is 7.50. The third-order valence-corrected chi connectivity index (χ3v) is 7.50. The quantitative estimate of drug-likeness (QED) is 0.425. The molecule has 4 heterocycles. The number of rotatable bonds is 5. The molecule has 6 rings (SSSR count). The van der Waals surface area contributed by atoms with E-state index in [-0.39, 0.29) is 6.04 Å². The van der Waals surface area contributed by atoms with Crippen molar-refractivity contribution >= 4 is 23.3 Å². The SMILES string of the molecule is N#Cc1ccc2c(c1)CN(Cc1ccc(-c3nn(C4CCCN(C=O)C4)c4ncnc(N)c34)cc1)CC2. The van der Waals surface area contributed by atoms with E-state index in [0.717, 1.165) is 68.5 Å². The number of nitrogen functional groups attached to an aromatic ring is 1. The van der Waals surface area contributed by atoms with Crippen molar-refractivity contribution in [3.05, 3.63) is 71.0 Å². The van der Waals surface area contributed by atoms with Crippen LogP contribution in [0.5, 0.6) is 0 Å². The molecule has 0 saturated carbocycles. The molecule has 0 aliphatic carbocycles. The second-order valence-corrected chi connectivity index (χ2v) is 9.90. The molecule has 1 unspecified atom stereocenters. The molecule has 1 amide bonds. The molecule has 1 fully saturated rings. The molecule has 9 heteroatoms. The van der Waals surface area contributed by atoms with E-state index in [2.05, 4.69) is 51.3 Å². The van der Waals surface area contributed by atoms with Crippen LogP contribution in [0.15, 0.2) is 48.8 Å². The summed E-state index contributed by atoms with van der Waals surface area (Å²) in [5.74, 6) is 0.405. The fourth-order valence-corrected chi connectivity index (χ4v) is 5.58. The largest absolute Gasteiger partial charge is 0.383 e. The van der Waals surface area contributed by atoms with Gasteiger partial charge in [0.25, 0.3) is 0 Å².